The van der Waals surface area contributed by atoms with Crippen LogP contribution in [0.4, 0.5) is 23.7 Å². The Morgan fingerprint density at radius 2 is 1.63 bits per heavy atom. The SMILES string of the molecule is CC1=C(C(=O)c2ccc(Br)cc2)C(c2ccc(C#N)cc2)N(OC(=O)CC(C)(C)C)C(=O)N1c1cccc(C(F)(F)F)c1. The molecule has 0 saturated carbocycles. The van der Waals surface area contributed by atoms with Gasteiger partial charge in [0.1, 0.15) is 6.04 Å². The molecule has 1 unspecified atom stereocenters. The zero-order valence-electron chi connectivity index (χ0n) is 23.7. The number of hydrogen-bond donors (Lipinski definition) is 0. The summed E-state index contributed by atoms with van der Waals surface area (Å²) >= 11 is 3.34. The number of Topliss-reactive ketones (excluding diaryl/α,β-unsaturated/α-hetero) is 1. The minimum Gasteiger partial charge on any atom is -0.336 e. The zero-order chi connectivity index (χ0) is 31.7. The minimum absolute atomic E-state index is 0.00685. The highest BCUT2D eigenvalue weighted by molar-refractivity contribution is 9.10. The third kappa shape index (κ3) is 6.97. The highest BCUT2D eigenvalue weighted by atomic mass is 79.9. The second-order valence-electron chi connectivity index (χ2n) is 11.2. The number of urea groups is 1. The number of rotatable bonds is 6. The molecule has 0 N–H and O–H groups in total. The Bertz CT molecular complexity index is 1640. The fourth-order valence-electron chi connectivity index (χ4n) is 4.67. The summed E-state index contributed by atoms with van der Waals surface area (Å²) in [5.74, 6) is -1.32. The molecule has 1 heterocycles. The molecule has 0 fully saturated rings. The van der Waals surface area contributed by atoms with E-state index in [2.05, 4.69) is 15.9 Å². The van der Waals surface area contributed by atoms with Crippen molar-refractivity contribution in [3.8, 4) is 6.07 Å². The topological polar surface area (TPSA) is 90.7 Å². The van der Waals surface area contributed by atoms with E-state index in [0.29, 0.717) is 15.6 Å². The Balaban J connectivity index is 1.99. The third-order valence-electron chi connectivity index (χ3n) is 6.63. The van der Waals surface area contributed by atoms with Crippen molar-refractivity contribution in [2.45, 2.75) is 46.3 Å². The number of hydroxylamine groups is 2. The van der Waals surface area contributed by atoms with Gasteiger partial charge in [-0.05, 0) is 72.5 Å². The average Bonchev–Trinajstić information content (AvgIpc) is 2.93. The fourth-order valence-corrected chi connectivity index (χ4v) is 4.93. The molecule has 4 rings (SSSR count). The van der Waals surface area contributed by atoms with Gasteiger partial charge in [-0.15, -0.1) is 5.06 Å². The van der Waals surface area contributed by atoms with Crippen LogP contribution in [0.5, 0.6) is 0 Å². The van der Waals surface area contributed by atoms with Gasteiger partial charge in [0.25, 0.3) is 0 Å². The number of nitrogens with zero attached hydrogens (tertiary/aromatic N) is 3. The van der Waals surface area contributed by atoms with Gasteiger partial charge in [-0.1, -0.05) is 54.9 Å². The van der Waals surface area contributed by atoms with Crippen molar-refractivity contribution in [1.29, 1.82) is 5.26 Å². The molecule has 1 aliphatic rings. The van der Waals surface area contributed by atoms with Gasteiger partial charge in [0, 0.05) is 15.7 Å². The van der Waals surface area contributed by atoms with Crippen LogP contribution in [0.15, 0.2) is 88.5 Å². The second kappa shape index (κ2) is 12.1. The summed E-state index contributed by atoms with van der Waals surface area (Å²) < 4.78 is 41.7. The van der Waals surface area contributed by atoms with Gasteiger partial charge in [-0.25, -0.2) is 9.59 Å². The summed E-state index contributed by atoms with van der Waals surface area (Å²) in [5, 5.41) is 10.0. The van der Waals surface area contributed by atoms with E-state index in [-0.39, 0.29) is 28.9 Å². The lowest BCUT2D eigenvalue weighted by molar-refractivity contribution is -0.185. The van der Waals surface area contributed by atoms with E-state index in [4.69, 9.17) is 4.84 Å². The van der Waals surface area contributed by atoms with E-state index in [0.717, 1.165) is 28.2 Å². The summed E-state index contributed by atoms with van der Waals surface area (Å²) in [6.45, 7) is 6.85. The van der Waals surface area contributed by atoms with Crippen molar-refractivity contribution >= 4 is 39.4 Å². The molecule has 222 valence electrons. The van der Waals surface area contributed by atoms with Crippen molar-refractivity contribution in [2.24, 2.45) is 5.41 Å². The first-order valence-electron chi connectivity index (χ1n) is 13.1. The molecule has 43 heavy (non-hydrogen) atoms. The van der Waals surface area contributed by atoms with Crippen LogP contribution in [-0.2, 0) is 15.8 Å². The molecule has 0 saturated heterocycles. The summed E-state index contributed by atoms with van der Waals surface area (Å²) in [7, 11) is 0. The van der Waals surface area contributed by atoms with Crippen LogP contribution < -0.4 is 4.90 Å². The van der Waals surface area contributed by atoms with Crippen LogP contribution >= 0.6 is 15.9 Å². The van der Waals surface area contributed by atoms with Crippen molar-refractivity contribution in [2.75, 3.05) is 4.90 Å². The number of ketones is 1. The number of amides is 2. The number of carbonyl (C=O) groups is 3. The Morgan fingerprint density at radius 3 is 2.19 bits per heavy atom. The van der Waals surface area contributed by atoms with Gasteiger partial charge in [-0.2, -0.15) is 18.4 Å². The van der Waals surface area contributed by atoms with Crippen molar-refractivity contribution < 1.29 is 32.4 Å². The molecule has 3 aromatic rings. The van der Waals surface area contributed by atoms with Crippen LogP contribution in [0.1, 0.15) is 67.2 Å². The van der Waals surface area contributed by atoms with Gasteiger partial charge < -0.3 is 4.84 Å². The van der Waals surface area contributed by atoms with E-state index in [9.17, 15) is 32.8 Å². The molecular weight excluding hydrogens is 627 g/mol. The fraction of sp³-hybridized carbons (Fsp3) is 0.250. The van der Waals surface area contributed by atoms with E-state index >= 15 is 0 Å². The summed E-state index contributed by atoms with van der Waals surface area (Å²) in [4.78, 5) is 48.0. The standard InChI is InChI=1S/C32H27BrF3N3O4/c1-19-27(29(41)22-12-14-24(33)15-13-22)28(21-10-8-20(18-37)9-11-21)39(43-26(40)17-31(2,3)4)30(42)38(19)25-7-5-6-23(16-25)32(34,35)36/h5-16,28H,17H2,1-4H3. The quantitative estimate of drug-likeness (QED) is 0.249. The molecule has 1 atom stereocenters. The molecule has 0 bridgehead atoms. The summed E-state index contributed by atoms with van der Waals surface area (Å²) in [6.07, 6.45) is -4.80. The largest absolute Gasteiger partial charge is 0.416 e. The lowest BCUT2D eigenvalue weighted by atomic mass is 9.88. The lowest BCUT2D eigenvalue weighted by Gasteiger charge is -2.41. The van der Waals surface area contributed by atoms with Gasteiger partial charge >= 0.3 is 18.2 Å². The predicted molar refractivity (Wildman–Crippen MR) is 156 cm³/mol. The molecule has 1 aliphatic heterocycles. The lowest BCUT2D eigenvalue weighted by Crippen LogP contribution is -2.51. The second-order valence-corrected chi connectivity index (χ2v) is 12.1. The first-order valence-corrected chi connectivity index (χ1v) is 13.9. The van der Waals surface area contributed by atoms with Crippen LogP contribution in [0, 0.1) is 16.7 Å². The van der Waals surface area contributed by atoms with E-state index < -0.39 is 41.0 Å². The van der Waals surface area contributed by atoms with Crippen LogP contribution in [-0.4, -0.2) is 22.8 Å². The minimum atomic E-state index is -4.70. The van der Waals surface area contributed by atoms with Crippen LogP contribution in [0.25, 0.3) is 0 Å². The van der Waals surface area contributed by atoms with Gasteiger partial charge in [0.15, 0.2) is 5.78 Å². The number of anilines is 1. The van der Waals surface area contributed by atoms with Gasteiger partial charge in [-0.3, -0.25) is 9.69 Å². The highest BCUT2D eigenvalue weighted by Crippen LogP contribution is 2.42. The molecule has 0 radical (unpaired) electrons. The van der Waals surface area contributed by atoms with E-state index in [1.165, 1.54) is 37.3 Å². The van der Waals surface area contributed by atoms with Crippen molar-refractivity contribution in [3.05, 3.63) is 111 Å². The number of allylic oxidation sites excluding steroid dienone is 1. The molecule has 0 aromatic heterocycles. The van der Waals surface area contributed by atoms with Gasteiger partial charge in [0.2, 0.25) is 0 Å². The Morgan fingerprint density at radius 1 is 1.00 bits per heavy atom. The molecule has 7 nitrogen and oxygen atoms in total. The maximum Gasteiger partial charge on any atom is 0.416 e. The third-order valence-corrected chi connectivity index (χ3v) is 7.15. The number of halogens is 4. The molecule has 2 amide bonds. The Labute approximate surface area is 255 Å². The van der Waals surface area contributed by atoms with Crippen molar-refractivity contribution in [3.63, 3.8) is 0 Å². The monoisotopic (exact) mass is 653 g/mol. The molecule has 3 aromatic carbocycles. The van der Waals surface area contributed by atoms with Gasteiger partial charge in [0.05, 0.1) is 34.9 Å². The number of hydrogen-bond acceptors (Lipinski definition) is 5. The first kappa shape index (κ1) is 31.5. The maximum absolute atomic E-state index is 14.2. The smallest absolute Gasteiger partial charge is 0.336 e. The summed E-state index contributed by atoms with van der Waals surface area (Å²) in [5.41, 5.74) is -0.764. The van der Waals surface area contributed by atoms with E-state index in [1.54, 1.807) is 45.0 Å². The normalized spacial score (nSPS) is 15.8. The molecule has 11 heteroatoms. The number of benzene rings is 3. The molecule has 0 spiro atoms. The van der Waals surface area contributed by atoms with Crippen LogP contribution in [0.2, 0.25) is 0 Å². The van der Waals surface area contributed by atoms with Crippen LogP contribution in [0.3, 0.4) is 0 Å². The number of alkyl halides is 3. The molecule has 0 aliphatic carbocycles. The Kier molecular flexibility index (Phi) is 8.83. The Hall–Kier alpha value is -4.43. The summed E-state index contributed by atoms with van der Waals surface area (Å²) in [6, 6.07) is 16.3. The van der Waals surface area contributed by atoms with Crippen molar-refractivity contribution in [1.82, 2.24) is 5.06 Å². The van der Waals surface area contributed by atoms with E-state index in [1.807, 2.05) is 6.07 Å². The first-order chi connectivity index (χ1) is 20.1. The number of nitriles is 1. The average molecular weight is 654 g/mol. The molecular formula is C32H27BrF3N3O4. The maximum atomic E-state index is 14.2. The predicted octanol–water partition coefficient (Wildman–Crippen LogP) is 8.37. The highest BCUT2D eigenvalue weighted by Gasteiger charge is 2.45. The number of carbonyl (C=O) groups excluding carboxylic acids is 3. The zero-order valence-corrected chi connectivity index (χ0v) is 25.3.